The maximum absolute atomic E-state index is 7.79. The molecule has 0 saturated heterocycles. The number of halogens is 1. The van der Waals surface area contributed by atoms with Crippen LogP contribution in [0.5, 0.6) is 0 Å². The summed E-state index contributed by atoms with van der Waals surface area (Å²) in [5.41, 5.74) is 16.4. The summed E-state index contributed by atoms with van der Waals surface area (Å²) in [5, 5.41) is 0.758. The Morgan fingerprint density at radius 3 is 1.22 bits per heavy atom. The van der Waals surface area contributed by atoms with Crippen molar-refractivity contribution in [2.45, 2.75) is 19.3 Å². The number of hydrogen-bond donors (Lipinski definition) is 0. The predicted octanol–water partition coefficient (Wildman–Crippen LogP) is 13.0. The van der Waals surface area contributed by atoms with E-state index >= 15 is 0 Å². The molecule has 0 radical (unpaired) electrons. The second kappa shape index (κ2) is 11.3. The van der Waals surface area contributed by atoms with Gasteiger partial charge in [-0.3, -0.25) is 0 Å². The van der Waals surface area contributed by atoms with E-state index in [1.807, 2.05) is 0 Å². The van der Waals surface area contributed by atoms with Crippen LogP contribution in [-0.4, -0.2) is 0 Å². The van der Waals surface area contributed by atoms with Gasteiger partial charge in [-0.15, -0.1) is 0 Å². The van der Waals surface area contributed by atoms with E-state index in [4.69, 9.17) is 11.6 Å². The lowest BCUT2D eigenvalue weighted by Crippen LogP contribution is -2.15. The molecule has 46 heavy (non-hydrogen) atoms. The molecule has 0 atom stereocenters. The quantitative estimate of drug-likeness (QED) is 0.182. The molecular weight excluding hydrogens is 576 g/mol. The summed E-state index contributed by atoms with van der Waals surface area (Å²) in [7, 11) is 0. The summed E-state index contributed by atoms with van der Waals surface area (Å²) in [6.45, 7) is 4.69. The number of hydrogen-bond acceptors (Lipinski definition) is 0. The fraction of sp³-hybridized carbons (Fsp3) is 0.0667. The van der Waals surface area contributed by atoms with Gasteiger partial charge in [-0.1, -0.05) is 183 Å². The fourth-order valence-electron chi connectivity index (χ4n) is 7.41. The molecule has 1 heteroatoms. The second-order valence-corrected chi connectivity index (χ2v) is 13.0. The van der Waals surface area contributed by atoms with Crippen molar-refractivity contribution >= 4 is 11.6 Å². The van der Waals surface area contributed by atoms with Crippen molar-refractivity contribution < 1.29 is 0 Å². The van der Waals surface area contributed by atoms with Crippen molar-refractivity contribution in [3.05, 3.63) is 180 Å². The van der Waals surface area contributed by atoms with Gasteiger partial charge in [0.2, 0.25) is 0 Å². The van der Waals surface area contributed by atoms with Crippen LogP contribution in [0.15, 0.2) is 164 Å². The summed E-state index contributed by atoms with van der Waals surface area (Å²) in [4.78, 5) is 0. The largest absolute Gasteiger partial charge is 0.0829 e. The summed E-state index contributed by atoms with van der Waals surface area (Å²) in [6.07, 6.45) is 0. The molecule has 1 aliphatic carbocycles. The first-order valence-electron chi connectivity index (χ1n) is 15.9. The van der Waals surface area contributed by atoms with Crippen LogP contribution in [0.3, 0.4) is 0 Å². The van der Waals surface area contributed by atoms with Gasteiger partial charge in [0.15, 0.2) is 0 Å². The number of benzene rings is 7. The Kier molecular flexibility index (Phi) is 6.97. The molecule has 220 valence electrons. The van der Waals surface area contributed by atoms with Crippen LogP contribution in [-0.2, 0) is 5.41 Å². The highest BCUT2D eigenvalue weighted by Crippen LogP contribution is 2.56. The van der Waals surface area contributed by atoms with Crippen LogP contribution < -0.4 is 0 Å². The van der Waals surface area contributed by atoms with E-state index in [2.05, 4.69) is 178 Å². The molecule has 8 rings (SSSR count). The van der Waals surface area contributed by atoms with Crippen LogP contribution in [0, 0.1) is 0 Å². The molecule has 0 amide bonds. The molecule has 0 nitrogen and oxygen atoms in total. The Hall–Kier alpha value is -5.17. The highest BCUT2D eigenvalue weighted by molar-refractivity contribution is 6.39. The highest BCUT2D eigenvalue weighted by Gasteiger charge is 2.36. The minimum atomic E-state index is -0.127. The molecular formula is C45H33Cl. The molecule has 0 aliphatic heterocycles. The van der Waals surface area contributed by atoms with Crippen LogP contribution in [0.2, 0.25) is 5.02 Å². The van der Waals surface area contributed by atoms with Crippen LogP contribution >= 0.6 is 11.6 Å². The lowest BCUT2D eigenvalue weighted by atomic mass is 9.77. The third-order valence-electron chi connectivity index (χ3n) is 9.56. The van der Waals surface area contributed by atoms with Crippen LogP contribution in [0.25, 0.3) is 66.8 Å². The summed E-state index contributed by atoms with van der Waals surface area (Å²) in [6, 6.07) is 58.7. The smallest absolute Gasteiger partial charge is 0.0575 e. The summed E-state index contributed by atoms with van der Waals surface area (Å²) >= 11 is 7.79. The third kappa shape index (κ3) is 4.52. The molecule has 1 aliphatic rings. The molecule has 0 aromatic heterocycles. The zero-order valence-electron chi connectivity index (χ0n) is 26.0. The molecule has 0 bridgehead atoms. The standard InChI is InChI=1S/C45H33Cl/c1-45(2)37-26-16-15-25-35(37)36-28-27-34(29-38(36)45)41-39(30-17-7-3-8-18-30)40(31-19-9-4-10-20-31)42(32-21-11-5-12-22-32)44(46)43(41)33-23-13-6-14-24-33/h3-29H,1-2H3. The highest BCUT2D eigenvalue weighted by atomic mass is 35.5. The van der Waals surface area contributed by atoms with Gasteiger partial charge in [-0.25, -0.2) is 0 Å². The van der Waals surface area contributed by atoms with Crippen LogP contribution in [0.4, 0.5) is 0 Å². The van der Waals surface area contributed by atoms with Gasteiger partial charge in [0.05, 0.1) is 5.02 Å². The third-order valence-corrected chi connectivity index (χ3v) is 9.94. The zero-order chi connectivity index (χ0) is 31.3. The van der Waals surface area contributed by atoms with Crippen molar-refractivity contribution in [1.29, 1.82) is 0 Å². The van der Waals surface area contributed by atoms with E-state index < -0.39 is 0 Å². The minimum absolute atomic E-state index is 0.127. The maximum Gasteiger partial charge on any atom is 0.0575 e. The first-order chi connectivity index (χ1) is 22.5. The SMILES string of the molecule is CC1(C)c2ccccc2-c2ccc(-c3c(-c4ccccc4)c(Cl)c(-c4ccccc4)c(-c4ccccc4)c3-c3ccccc3)cc21. The van der Waals surface area contributed by atoms with Crippen molar-refractivity contribution in [3.8, 4) is 66.8 Å². The van der Waals surface area contributed by atoms with Crippen LogP contribution in [0.1, 0.15) is 25.0 Å². The Labute approximate surface area is 276 Å². The Balaban J connectivity index is 1.57. The van der Waals surface area contributed by atoms with Gasteiger partial charge in [-0.05, 0) is 72.8 Å². The van der Waals surface area contributed by atoms with Gasteiger partial charge in [0.1, 0.15) is 0 Å². The van der Waals surface area contributed by atoms with Gasteiger partial charge < -0.3 is 0 Å². The lowest BCUT2D eigenvalue weighted by Gasteiger charge is -2.27. The molecule has 7 aromatic carbocycles. The van der Waals surface area contributed by atoms with E-state index in [9.17, 15) is 0 Å². The molecule has 0 unspecified atom stereocenters. The first-order valence-corrected chi connectivity index (χ1v) is 16.3. The van der Waals surface area contributed by atoms with Crippen molar-refractivity contribution in [1.82, 2.24) is 0 Å². The van der Waals surface area contributed by atoms with E-state index in [1.54, 1.807) is 0 Å². The topological polar surface area (TPSA) is 0 Å². The zero-order valence-corrected chi connectivity index (χ0v) is 26.7. The Morgan fingerprint density at radius 1 is 0.348 bits per heavy atom. The molecule has 0 N–H and O–H groups in total. The van der Waals surface area contributed by atoms with Crippen molar-refractivity contribution in [3.63, 3.8) is 0 Å². The average Bonchev–Trinajstić information content (AvgIpc) is 3.34. The van der Waals surface area contributed by atoms with Gasteiger partial charge in [0.25, 0.3) is 0 Å². The molecule has 0 fully saturated rings. The maximum atomic E-state index is 7.79. The molecule has 0 saturated carbocycles. The minimum Gasteiger partial charge on any atom is -0.0829 e. The van der Waals surface area contributed by atoms with Gasteiger partial charge in [0, 0.05) is 16.5 Å². The average molecular weight is 609 g/mol. The predicted molar refractivity (Wildman–Crippen MR) is 196 cm³/mol. The van der Waals surface area contributed by atoms with Gasteiger partial charge in [-0.2, -0.15) is 0 Å². The van der Waals surface area contributed by atoms with Crippen molar-refractivity contribution in [2.24, 2.45) is 0 Å². The number of rotatable bonds is 5. The Morgan fingerprint density at radius 2 is 0.717 bits per heavy atom. The number of fused-ring (bicyclic) bond motifs is 3. The fourth-order valence-corrected chi connectivity index (χ4v) is 7.81. The molecule has 0 spiro atoms. The van der Waals surface area contributed by atoms with E-state index in [1.165, 1.54) is 27.8 Å². The van der Waals surface area contributed by atoms with E-state index in [0.717, 1.165) is 55.1 Å². The first kappa shape index (κ1) is 28.3. The summed E-state index contributed by atoms with van der Waals surface area (Å²) < 4.78 is 0. The van der Waals surface area contributed by atoms with E-state index in [0.29, 0.717) is 0 Å². The molecule has 7 aromatic rings. The molecule has 0 heterocycles. The Bertz CT molecular complexity index is 2200. The van der Waals surface area contributed by atoms with Crippen molar-refractivity contribution in [2.75, 3.05) is 0 Å². The van der Waals surface area contributed by atoms with E-state index in [-0.39, 0.29) is 5.41 Å². The second-order valence-electron chi connectivity index (χ2n) is 12.6. The monoisotopic (exact) mass is 608 g/mol. The summed E-state index contributed by atoms with van der Waals surface area (Å²) in [5.74, 6) is 0. The lowest BCUT2D eigenvalue weighted by molar-refractivity contribution is 0.660. The van der Waals surface area contributed by atoms with Gasteiger partial charge >= 0.3 is 0 Å². The normalized spacial score (nSPS) is 12.8.